The average Bonchev–Trinajstić information content (AvgIpc) is 3.31. The second-order valence-corrected chi connectivity index (χ2v) is 9.27. The van der Waals surface area contributed by atoms with Gasteiger partial charge in [0.05, 0.1) is 5.75 Å². The van der Waals surface area contributed by atoms with Gasteiger partial charge in [-0.1, -0.05) is 18.0 Å². The first-order valence-corrected chi connectivity index (χ1v) is 10.8. The minimum absolute atomic E-state index is 0.109. The number of carbonyl (C=O) groups excluding carboxylic acids is 1. The molecular formula is C18H24ClNO4S. The van der Waals surface area contributed by atoms with E-state index in [1.807, 2.05) is 4.90 Å². The third kappa shape index (κ3) is 4.88. The molecule has 2 saturated carbocycles. The number of amides is 1. The van der Waals surface area contributed by atoms with Crippen LogP contribution in [0.3, 0.4) is 0 Å². The molecule has 0 aliphatic heterocycles. The maximum Gasteiger partial charge on any atom is 0.308 e. The molecule has 138 valence electrons. The predicted molar refractivity (Wildman–Crippen MR) is 97.0 cm³/mol. The van der Waals surface area contributed by atoms with Crippen LogP contribution in [0.4, 0.5) is 0 Å². The summed E-state index contributed by atoms with van der Waals surface area (Å²) in [6.45, 7) is 2.59. The third-order valence-electron chi connectivity index (χ3n) is 4.90. The number of benzene rings is 1. The van der Waals surface area contributed by atoms with Crippen molar-refractivity contribution in [2.75, 3.05) is 12.3 Å². The fourth-order valence-electron chi connectivity index (χ4n) is 2.91. The van der Waals surface area contributed by atoms with Crippen LogP contribution in [0.15, 0.2) is 18.2 Å². The molecule has 0 spiro atoms. The number of rotatable bonds is 8. The van der Waals surface area contributed by atoms with Gasteiger partial charge in [-0.05, 0) is 56.7 Å². The van der Waals surface area contributed by atoms with Crippen molar-refractivity contribution in [3.63, 3.8) is 0 Å². The van der Waals surface area contributed by atoms with E-state index in [1.54, 1.807) is 18.2 Å². The average molecular weight is 386 g/mol. The van der Waals surface area contributed by atoms with Gasteiger partial charge in [0.1, 0.15) is 5.75 Å². The summed E-state index contributed by atoms with van der Waals surface area (Å²) < 4.78 is 28.9. The zero-order chi connectivity index (χ0) is 18.0. The fourth-order valence-corrected chi connectivity index (χ4v) is 3.66. The highest BCUT2D eigenvalue weighted by Gasteiger charge is 2.33. The predicted octanol–water partition coefficient (Wildman–Crippen LogP) is 3.61. The molecule has 25 heavy (non-hydrogen) atoms. The van der Waals surface area contributed by atoms with E-state index < -0.39 is 10.1 Å². The molecule has 0 saturated heterocycles. The van der Waals surface area contributed by atoms with Crippen LogP contribution >= 0.6 is 11.6 Å². The number of halogens is 1. The van der Waals surface area contributed by atoms with Crippen molar-refractivity contribution in [3.05, 3.63) is 28.8 Å². The summed E-state index contributed by atoms with van der Waals surface area (Å²) in [6, 6.07) is 4.86. The molecule has 5 nitrogen and oxygen atoms in total. The first-order valence-electron chi connectivity index (χ1n) is 8.87. The van der Waals surface area contributed by atoms with E-state index in [4.69, 9.17) is 15.8 Å². The fraction of sp³-hybridized carbons (Fsp3) is 0.611. The van der Waals surface area contributed by atoms with Gasteiger partial charge in [-0.25, -0.2) is 0 Å². The van der Waals surface area contributed by atoms with Gasteiger partial charge >= 0.3 is 10.1 Å². The van der Waals surface area contributed by atoms with Crippen LogP contribution in [0.5, 0.6) is 5.75 Å². The Bertz CT molecular complexity index is 741. The first-order chi connectivity index (χ1) is 11.9. The van der Waals surface area contributed by atoms with Gasteiger partial charge in [0.15, 0.2) is 0 Å². The van der Waals surface area contributed by atoms with Crippen LogP contribution < -0.4 is 4.18 Å². The Labute approximate surface area is 154 Å². The summed E-state index contributed by atoms with van der Waals surface area (Å²) in [5.41, 5.74) is 0.637. The molecule has 1 aromatic rings. The quantitative estimate of drug-likeness (QED) is 0.641. The Morgan fingerprint density at radius 3 is 2.56 bits per heavy atom. The number of nitrogens with zero attached hydrogens (tertiary/aromatic N) is 1. The summed E-state index contributed by atoms with van der Waals surface area (Å²) in [5, 5.41) is 0.499. The molecule has 0 unspecified atom stereocenters. The van der Waals surface area contributed by atoms with Gasteiger partial charge < -0.3 is 9.08 Å². The summed E-state index contributed by atoms with van der Waals surface area (Å²) in [4.78, 5) is 14.6. The van der Waals surface area contributed by atoms with E-state index in [2.05, 4.69) is 0 Å². The Morgan fingerprint density at radius 1 is 1.28 bits per heavy atom. The van der Waals surface area contributed by atoms with Crippen LogP contribution in [-0.4, -0.2) is 31.5 Å². The lowest BCUT2D eigenvalue weighted by Gasteiger charge is -2.32. The number of carbonyl (C=O) groups is 1. The molecule has 0 N–H and O–H groups in total. The van der Waals surface area contributed by atoms with E-state index in [9.17, 15) is 13.2 Å². The molecule has 2 aliphatic carbocycles. The maximum atomic E-state index is 12.8. The molecule has 0 heterocycles. The topological polar surface area (TPSA) is 63.7 Å². The molecule has 1 aromatic carbocycles. The Balaban J connectivity index is 1.82. The van der Waals surface area contributed by atoms with Crippen molar-refractivity contribution in [2.45, 2.75) is 45.6 Å². The zero-order valence-electron chi connectivity index (χ0n) is 14.4. The molecule has 0 aromatic heterocycles. The molecule has 3 rings (SSSR count). The van der Waals surface area contributed by atoms with Crippen molar-refractivity contribution < 1.29 is 17.4 Å². The highest BCUT2D eigenvalue weighted by molar-refractivity contribution is 7.87. The minimum atomic E-state index is -3.63. The van der Waals surface area contributed by atoms with Crippen molar-refractivity contribution >= 4 is 27.6 Å². The van der Waals surface area contributed by atoms with E-state index >= 15 is 0 Å². The number of hydrogen-bond acceptors (Lipinski definition) is 4. The molecule has 0 bridgehead atoms. The van der Waals surface area contributed by atoms with E-state index in [0.29, 0.717) is 23.0 Å². The summed E-state index contributed by atoms with van der Waals surface area (Å²) in [5.74, 6) is 0.992. The zero-order valence-corrected chi connectivity index (χ0v) is 16.0. The molecule has 1 amide bonds. The van der Waals surface area contributed by atoms with Gasteiger partial charge in [0, 0.05) is 29.6 Å². The highest BCUT2D eigenvalue weighted by Crippen LogP contribution is 2.35. The third-order valence-corrected chi connectivity index (χ3v) is 6.27. The molecule has 7 heteroatoms. The standard InChI is InChI=1S/C18H24ClNO4S/c1-2-25(22,23)24-17-9-8-16(19)10-15(17)12-20(11-13-6-7-13)18(21)14-4-3-5-14/h8-10,13-14H,2-7,11-12H2,1H3. The van der Waals surface area contributed by atoms with Gasteiger partial charge in [-0.15, -0.1) is 0 Å². The second kappa shape index (κ2) is 7.54. The normalized spacial score (nSPS) is 17.8. The van der Waals surface area contributed by atoms with Crippen molar-refractivity contribution in [1.82, 2.24) is 4.90 Å². The summed E-state index contributed by atoms with van der Waals surface area (Å²) in [6.07, 6.45) is 5.30. The van der Waals surface area contributed by atoms with E-state index in [-0.39, 0.29) is 23.3 Å². The summed E-state index contributed by atoms with van der Waals surface area (Å²) >= 11 is 6.10. The van der Waals surface area contributed by atoms with Crippen LogP contribution in [0.25, 0.3) is 0 Å². The van der Waals surface area contributed by atoms with Crippen LogP contribution in [0.1, 0.15) is 44.6 Å². The van der Waals surface area contributed by atoms with Crippen molar-refractivity contribution in [1.29, 1.82) is 0 Å². The largest absolute Gasteiger partial charge is 0.382 e. The van der Waals surface area contributed by atoms with Gasteiger partial charge in [-0.3, -0.25) is 4.79 Å². The summed E-state index contributed by atoms with van der Waals surface area (Å²) in [7, 11) is -3.63. The van der Waals surface area contributed by atoms with Crippen molar-refractivity contribution in [3.8, 4) is 5.75 Å². The monoisotopic (exact) mass is 385 g/mol. The Kier molecular flexibility index (Phi) is 5.58. The first kappa shape index (κ1) is 18.5. The lowest BCUT2D eigenvalue weighted by Crippen LogP contribution is -2.39. The smallest absolute Gasteiger partial charge is 0.308 e. The van der Waals surface area contributed by atoms with Crippen LogP contribution in [0, 0.1) is 11.8 Å². The molecule has 2 fully saturated rings. The van der Waals surface area contributed by atoms with Gasteiger partial charge in [-0.2, -0.15) is 8.42 Å². The van der Waals surface area contributed by atoms with Crippen molar-refractivity contribution in [2.24, 2.45) is 11.8 Å². The van der Waals surface area contributed by atoms with Crippen LogP contribution in [-0.2, 0) is 21.5 Å². The van der Waals surface area contributed by atoms with E-state index in [1.165, 1.54) is 6.92 Å². The van der Waals surface area contributed by atoms with Crippen LogP contribution in [0.2, 0.25) is 5.02 Å². The SMILES string of the molecule is CCS(=O)(=O)Oc1ccc(Cl)cc1CN(CC1CC1)C(=O)C1CCC1. The highest BCUT2D eigenvalue weighted by atomic mass is 35.5. The van der Waals surface area contributed by atoms with Gasteiger partial charge in [0.25, 0.3) is 0 Å². The van der Waals surface area contributed by atoms with Gasteiger partial charge in [0.2, 0.25) is 5.91 Å². The second-order valence-electron chi connectivity index (χ2n) is 6.97. The Morgan fingerprint density at radius 2 is 2.00 bits per heavy atom. The lowest BCUT2D eigenvalue weighted by molar-refractivity contribution is -0.139. The maximum absolute atomic E-state index is 12.8. The molecule has 0 atom stereocenters. The molecule has 2 aliphatic rings. The van der Waals surface area contributed by atoms with E-state index in [0.717, 1.165) is 38.6 Å². The Hall–Kier alpha value is -1.27. The molecule has 0 radical (unpaired) electrons. The lowest BCUT2D eigenvalue weighted by atomic mass is 9.84. The number of hydrogen-bond donors (Lipinski definition) is 0. The molecular weight excluding hydrogens is 362 g/mol. The minimum Gasteiger partial charge on any atom is -0.382 e.